The second-order valence-corrected chi connectivity index (χ2v) is 21.5. The van der Waals surface area contributed by atoms with Crippen molar-refractivity contribution in [2.24, 2.45) is 49.4 Å². The molecular weight excluding hydrogens is 1220 g/mol. The molecule has 92 heavy (non-hydrogen) atoms. The molecule has 6 rings (SSSR count). The number of aliphatic imine (C=N–C) groups is 3. The zero-order valence-electron chi connectivity index (χ0n) is 50.3. The first-order valence-electron chi connectivity index (χ1n) is 29.4. The Morgan fingerprint density at radius 1 is 0.533 bits per heavy atom. The van der Waals surface area contributed by atoms with E-state index in [0.29, 0.717) is 35.2 Å². The van der Waals surface area contributed by atoms with E-state index < -0.39 is 109 Å². The quantitative estimate of drug-likeness (QED) is 0.0188. The number of nitrogens with two attached hydrogens (primary N) is 6. The Kier molecular flexibility index (Phi) is 27.1. The lowest BCUT2D eigenvalue weighted by Crippen LogP contribution is -2.58. The second-order valence-electron chi connectivity index (χ2n) is 21.1. The smallest absolute Gasteiger partial charge is 0.340 e. The Balaban J connectivity index is 1.17. The van der Waals surface area contributed by atoms with Gasteiger partial charge < -0.3 is 117 Å². The van der Waals surface area contributed by atoms with Crippen molar-refractivity contribution in [1.29, 1.82) is 0 Å². The van der Waals surface area contributed by atoms with Crippen molar-refractivity contribution >= 4 is 94.1 Å². The van der Waals surface area contributed by atoms with Crippen LogP contribution in [0.2, 0.25) is 0 Å². The molecule has 0 radical (unpaired) electrons. The van der Waals surface area contributed by atoms with Crippen LogP contribution in [0.1, 0.15) is 84.8 Å². The Bertz CT molecular complexity index is 3210. The molecule has 0 aromatic heterocycles. The van der Waals surface area contributed by atoms with Crippen LogP contribution in [0.3, 0.4) is 0 Å². The molecule has 3 aromatic carbocycles. The van der Waals surface area contributed by atoms with Crippen LogP contribution in [0.25, 0.3) is 0 Å². The number of rotatable bonds is 18. The molecule has 0 bridgehead atoms. The van der Waals surface area contributed by atoms with Gasteiger partial charge in [0.25, 0.3) is 0 Å². The molecule has 0 unspecified atom stereocenters. The zero-order chi connectivity index (χ0) is 66.7. The number of ether oxygens (including phenoxy) is 4. The molecule has 498 valence electrons. The Morgan fingerprint density at radius 2 is 1.00 bits per heavy atom. The van der Waals surface area contributed by atoms with Gasteiger partial charge in [-0.2, -0.15) is 0 Å². The fourth-order valence-electron chi connectivity index (χ4n) is 9.75. The summed E-state index contributed by atoms with van der Waals surface area (Å²) in [4.78, 5) is 133. The summed E-state index contributed by atoms with van der Waals surface area (Å²) in [5.41, 5.74) is 33.8. The fourth-order valence-corrected chi connectivity index (χ4v) is 9.97. The third kappa shape index (κ3) is 21.7. The Hall–Kier alpha value is -10.3. The van der Waals surface area contributed by atoms with Crippen LogP contribution in [0.15, 0.2) is 69.6 Å². The van der Waals surface area contributed by atoms with Gasteiger partial charge in [0.05, 0.1) is 45.0 Å². The predicted octanol–water partition coefficient (Wildman–Crippen LogP) is -4.27. The van der Waals surface area contributed by atoms with Crippen molar-refractivity contribution < 1.29 is 72.3 Å². The van der Waals surface area contributed by atoms with Gasteiger partial charge in [0.2, 0.25) is 47.3 Å². The SMILES string of the molecule is NC(N)=NCCC[C@@H]1NC(=O)CNC(=O)CNC(=O)CNC(=O)COCCOCCNC(=O)[C@H](CCCCNC(=S)Nc2ccc3c(c2)C(=O)OC32c3ccc(O)cc3Oc3cc(O)ccc32)NC(=O)[C@H](CCCN=C(N)N)NC(=O)[C@H](CCCN=C(N)N)NC1=O. The van der Waals surface area contributed by atoms with E-state index in [1.807, 2.05) is 0 Å². The highest BCUT2D eigenvalue weighted by atomic mass is 32.1. The normalized spacial score (nSPS) is 19.5. The number of nitrogens with zero attached hydrogens (tertiary/aromatic N) is 3. The molecule has 3 heterocycles. The van der Waals surface area contributed by atoms with E-state index in [1.54, 1.807) is 30.3 Å². The highest BCUT2D eigenvalue weighted by Crippen LogP contribution is 2.57. The lowest BCUT2D eigenvalue weighted by molar-refractivity contribution is -0.135. The molecular formula is C57H79N19O15S. The molecule has 35 heteroatoms. The lowest BCUT2D eigenvalue weighted by atomic mass is 9.77. The molecule has 3 aliphatic rings. The Labute approximate surface area is 533 Å². The average Bonchev–Trinajstić information content (AvgIpc) is 1.46. The van der Waals surface area contributed by atoms with Crippen molar-refractivity contribution in [1.82, 2.24) is 47.9 Å². The van der Waals surface area contributed by atoms with Crippen molar-refractivity contribution in [3.05, 3.63) is 76.9 Å². The number of thiocarbonyl (C=S) groups is 1. The van der Waals surface area contributed by atoms with E-state index in [2.05, 4.69) is 68.1 Å². The van der Waals surface area contributed by atoms with Crippen LogP contribution >= 0.6 is 12.2 Å². The minimum atomic E-state index is -1.47. The standard InChI is InChI=1S/C57H79N19O15S/c58-53(59)65-17-3-7-39-49(84)75-41(9-5-19-67-55(62)63)51(86)76-40(8-4-18-66-54(60)61)50(85)74-38(48(83)64-20-21-88-22-23-89-30-47(82)71-28-45(80)69-27-44(79)70-29-46(81)73-39)6-1-2-16-68-56(92)72-31-10-13-35-34(24-31)52(87)91-57(35)36-14-11-32(77)25-42(36)90-43-26-33(78)12-15-37(43)57/h10-15,24-26,38-41,77-78H,1-9,16-23,27-30H2,(H,64,83)(H,69,80)(H,70,79)(H,71,82)(H,73,81)(H,74,85)(H,75,84)(H,76,86)(H4,58,59,65)(H4,60,61,66)(H4,62,63,67)(H2,68,72,92)/t38-,39-,40-,41-/m0/s1. The number of carbonyl (C=O) groups is 9. The third-order valence-electron chi connectivity index (χ3n) is 14.1. The van der Waals surface area contributed by atoms with Gasteiger partial charge in [-0.05, 0) is 106 Å². The maximum absolute atomic E-state index is 14.5. The number of hydrogen-bond acceptors (Lipinski definition) is 19. The monoisotopic (exact) mass is 1300 g/mol. The summed E-state index contributed by atoms with van der Waals surface area (Å²) in [5.74, 6) is -7.22. The largest absolute Gasteiger partial charge is 0.508 e. The molecule has 4 atom stereocenters. The van der Waals surface area contributed by atoms with E-state index in [0.717, 1.165) is 0 Å². The minimum Gasteiger partial charge on any atom is -0.508 e. The summed E-state index contributed by atoms with van der Waals surface area (Å²) in [5, 5.41) is 47.3. The summed E-state index contributed by atoms with van der Waals surface area (Å²) in [7, 11) is 0. The number of carbonyl (C=O) groups excluding carboxylic acids is 9. The predicted molar refractivity (Wildman–Crippen MR) is 337 cm³/mol. The van der Waals surface area contributed by atoms with Crippen LogP contribution < -0.4 is 92.3 Å². The number of nitrogens with one attached hydrogen (secondary N) is 10. The molecule has 0 aliphatic carbocycles. The van der Waals surface area contributed by atoms with Crippen LogP contribution in [0, 0.1) is 0 Å². The van der Waals surface area contributed by atoms with Gasteiger partial charge in [-0.1, -0.05) is 6.07 Å². The van der Waals surface area contributed by atoms with E-state index in [9.17, 15) is 53.4 Å². The van der Waals surface area contributed by atoms with Gasteiger partial charge in [0, 0.05) is 67.2 Å². The number of phenols is 2. The first kappa shape index (κ1) is 70.8. The fraction of sp³-hybridized carbons (Fsp3) is 0.456. The number of unbranched alkanes of at least 4 members (excludes halogenated alkanes) is 1. The summed E-state index contributed by atoms with van der Waals surface area (Å²) in [6.45, 7) is -1.94. The van der Waals surface area contributed by atoms with E-state index in [4.69, 9.17) is 65.6 Å². The zero-order valence-corrected chi connectivity index (χ0v) is 51.1. The molecule has 34 nitrogen and oxygen atoms in total. The van der Waals surface area contributed by atoms with Crippen molar-refractivity contribution in [3.8, 4) is 23.0 Å². The first-order valence-corrected chi connectivity index (χ1v) is 29.8. The average molecular weight is 1300 g/mol. The number of aromatic hydroxyl groups is 2. The van der Waals surface area contributed by atoms with Gasteiger partial charge in [0.15, 0.2) is 28.6 Å². The van der Waals surface area contributed by atoms with E-state index >= 15 is 0 Å². The topological polar surface area (TPSA) is 545 Å². The number of amides is 8. The molecule has 8 amide bonds. The van der Waals surface area contributed by atoms with Crippen LogP contribution in [-0.4, -0.2) is 189 Å². The maximum atomic E-state index is 14.5. The highest BCUT2D eigenvalue weighted by Gasteiger charge is 2.54. The van der Waals surface area contributed by atoms with Gasteiger partial charge in [-0.25, -0.2) is 4.79 Å². The van der Waals surface area contributed by atoms with Crippen LogP contribution in [0.4, 0.5) is 5.69 Å². The Morgan fingerprint density at radius 3 is 1.53 bits per heavy atom. The number of guanidine groups is 3. The van der Waals surface area contributed by atoms with E-state index in [1.165, 1.54) is 24.3 Å². The van der Waals surface area contributed by atoms with Gasteiger partial charge in [-0.15, -0.1) is 0 Å². The van der Waals surface area contributed by atoms with Crippen LogP contribution in [-0.2, 0) is 58.2 Å². The molecule has 24 N–H and O–H groups in total. The number of anilines is 1. The minimum absolute atomic E-state index is 0.00316. The highest BCUT2D eigenvalue weighted by molar-refractivity contribution is 7.80. The second kappa shape index (κ2) is 35.2. The molecule has 1 spiro atoms. The van der Waals surface area contributed by atoms with Crippen molar-refractivity contribution in [2.75, 3.05) is 84.1 Å². The molecule has 3 aliphatic heterocycles. The summed E-state index contributed by atoms with van der Waals surface area (Å²) in [6, 6.07) is 8.54. The van der Waals surface area contributed by atoms with Gasteiger partial charge in [0.1, 0.15) is 53.8 Å². The van der Waals surface area contributed by atoms with Gasteiger partial charge in [-0.3, -0.25) is 53.3 Å². The number of phenolic OH excluding ortho intramolecular Hbond substituents is 2. The number of benzene rings is 3. The maximum Gasteiger partial charge on any atom is 0.340 e. The summed E-state index contributed by atoms with van der Waals surface area (Å²) in [6.07, 6.45) is 0.908. The number of esters is 1. The first-order chi connectivity index (χ1) is 44.0. The number of fused-ring (bicyclic) bond motifs is 6. The van der Waals surface area contributed by atoms with Crippen LogP contribution in [0.5, 0.6) is 23.0 Å². The summed E-state index contributed by atoms with van der Waals surface area (Å²) >= 11 is 5.63. The molecule has 3 aromatic rings. The van der Waals surface area contributed by atoms with Crippen molar-refractivity contribution in [2.45, 2.75) is 87.6 Å². The number of hydrogen-bond donors (Lipinski definition) is 18. The third-order valence-corrected chi connectivity index (χ3v) is 14.4. The van der Waals surface area contributed by atoms with E-state index in [-0.39, 0.29) is 149 Å². The summed E-state index contributed by atoms with van der Waals surface area (Å²) < 4.78 is 23.1. The van der Waals surface area contributed by atoms with Gasteiger partial charge >= 0.3 is 5.97 Å². The van der Waals surface area contributed by atoms with Crippen molar-refractivity contribution in [3.63, 3.8) is 0 Å². The molecule has 1 fully saturated rings. The molecule has 1 saturated heterocycles. The molecule has 0 saturated carbocycles. The lowest BCUT2D eigenvalue weighted by Gasteiger charge is -2.36.